The van der Waals surface area contributed by atoms with E-state index in [4.69, 9.17) is 5.73 Å². The summed E-state index contributed by atoms with van der Waals surface area (Å²) < 4.78 is 4.69. The van der Waals surface area contributed by atoms with Gasteiger partial charge in [0.15, 0.2) is 12.9 Å². The fraction of sp³-hybridized carbons (Fsp3) is 0.556. The van der Waals surface area contributed by atoms with Gasteiger partial charge in [-0.1, -0.05) is 32.9 Å². The molecule has 2 N–H and O–H groups in total. The van der Waals surface area contributed by atoms with Crippen LogP contribution in [0.1, 0.15) is 58.7 Å². The zero-order valence-corrected chi connectivity index (χ0v) is 17.6. The van der Waals surface area contributed by atoms with Crippen LogP contribution in [0.2, 0.25) is 0 Å². The lowest BCUT2D eigenvalue weighted by Crippen LogP contribution is -2.19. The molecule has 1 rings (SSSR count). The number of aromatic nitrogens is 1. The van der Waals surface area contributed by atoms with Gasteiger partial charge >= 0.3 is 17.6 Å². The van der Waals surface area contributed by atoms with Crippen molar-refractivity contribution in [1.29, 1.82) is 0 Å². The van der Waals surface area contributed by atoms with Crippen molar-refractivity contribution in [3.05, 3.63) is 28.4 Å². The lowest BCUT2D eigenvalue weighted by atomic mass is 10.2. The molecule has 0 fully saturated rings. The molecule has 0 amide bonds. The number of hydrogen-bond acceptors (Lipinski definition) is 8. The number of nitrogens with two attached hydrogens (primary N) is 1. The summed E-state index contributed by atoms with van der Waals surface area (Å²) in [5.41, 5.74) is 6.67. The van der Waals surface area contributed by atoms with Crippen molar-refractivity contribution >= 4 is 23.5 Å². The number of rotatable bonds is 8. The second-order valence-corrected chi connectivity index (χ2v) is 4.54. The van der Waals surface area contributed by atoms with Crippen molar-refractivity contribution in [1.82, 2.24) is 4.98 Å². The maximum atomic E-state index is 11.5. The van der Waals surface area contributed by atoms with Crippen molar-refractivity contribution in [3.63, 3.8) is 0 Å². The van der Waals surface area contributed by atoms with Gasteiger partial charge in [-0.2, -0.15) is 0 Å². The molecule has 0 spiro atoms. The Bertz CT molecular complexity index is 661. The summed E-state index contributed by atoms with van der Waals surface area (Å²) in [5.74, 6) is -1.37. The molecule has 0 aromatic carbocycles. The Labute approximate surface area is 165 Å². The molecule has 0 saturated carbocycles. The number of carbonyl (C=O) groups excluding carboxylic acids is 2. The molecule has 158 valence electrons. The van der Waals surface area contributed by atoms with Crippen molar-refractivity contribution in [2.24, 2.45) is 10.9 Å². The number of nitrogens with zero attached hydrogens (tertiary/aromatic N) is 3. The molecule has 0 saturated heterocycles. The van der Waals surface area contributed by atoms with Crippen molar-refractivity contribution in [3.8, 4) is 0 Å². The molecule has 0 aliphatic rings. The third-order valence-corrected chi connectivity index (χ3v) is 2.77. The lowest BCUT2D eigenvalue weighted by Gasteiger charge is -2.03. The van der Waals surface area contributed by atoms with Gasteiger partial charge in [0, 0.05) is 6.07 Å². The molecular formula is C18H31N4O6+. The van der Waals surface area contributed by atoms with Crippen LogP contribution in [-0.2, 0) is 24.0 Å². The van der Waals surface area contributed by atoms with E-state index in [2.05, 4.69) is 24.6 Å². The second-order valence-electron chi connectivity index (χ2n) is 4.54. The number of hydrogen-bond donors (Lipinski definition) is 1. The first kappa shape index (κ1) is 27.2. The predicted octanol–water partition coefficient (Wildman–Crippen LogP) is 2.92. The van der Waals surface area contributed by atoms with Gasteiger partial charge in [-0.25, -0.2) is 14.6 Å². The maximum absolute atomic E-state index is 11.5. The highest BCUT2D eigenvalue weighted by Gasteiger charge is 2.18. The predicted molar refractivity (Wildman–Crippen MR) is 105 cm³/mol. The molecule has 1 aromatic rings. The Morgan fingerprint density at radius 3 is 2.25 bits per heavy atom. The maximum Gasteiger partial charge on any atom is 0.335 e. The molecule has 0 atom stereocenters. The third kappa shape index (κ3) is 10.2. The van der Waals surface area contributed by atoms with Gasteiger partial charge in [-0.15, -0.1) is 0 Å². The van der Waals surface area contributed by atoms with Gasteiger partial charge in [0.05, 0.1) is 24.4 Å². The molecule has 0 aliphatic carbocycles. The molecule has 1 aromatic heterocycles. The van der Waals surface area contributed by atoms with E-state index in [-0.39, 0.29) is 41.6 Å². The minimum Gasteiger partial charge on any atom is -0.466 e. The standard InChI is InChI=1S/C14H19N4O6.2C2H6/c1-4-23-11(19)5-6-12(20)24-17-14(15)13-9(2)7-10(8-16-13)18(21)22-3;2*1-2/h7-8H,4-6H2,1-3H3,(H2,15,17);2*1-2H3/q+1;;. The highest BCUT2D eigenvalue weighted by atomic mass is 16.8. The van der Waals surface area contributed by atoms with Crippen molar-refractivity contribution < 1.29 is 28.9 Å². The van der Waals surface area contributed by atoms with Crippen LogP contribution in [0.4, 0.5) is 5.69 Å². The summed E-state index contributed by atoms with van der Waals surface area (Å²) >= 11 is 0. The third-order valence-electron chi connectivity index (χ3n) is 2.77. The van der Waals surface area contributed by atoms with Crippen LogP contribution in [-0.4, -0.2) is 41.4 Å². The van der Waals surface area contributed by atoms with Gasteiger partial charge in [0.2, 0.25) is 0 Å². The normalized spacial score (nSPS) is 9.75. The number of amidine groups is 1. The quantitative estimate of drug-likeness (QED) is 0.232. The average molecular weight is 399 g/mol. The highest BCUT2D eigenvalue weighted by molar-refractivity contribution is 5.97. The number of esters is 1. The average Bonchev–Trinajstić information content (AvgIpc) is 2.72. The van der Waals surface area contributed by atoms with Crippen molar-refractivity contribution in [2.75, 3.05) is 13.7 Å². The molecular weight excluding hydrogens is 368 g/mol. The Hall–Kier alpha value is -3.04. The highest BCUT2D eigenvalue weighted by Crippen LogP contribution is 2.14. The summed E-state index contributed by atoms with van der Waals surface area (Å²) in [6, 6.07) is 1.49. The van der Waals surface area contributed by atoms with E-state index >= 15 is 0 Å². The number of aryl methyl sites for hydroxylation is 1. The van der Waals surface area contributed by atoms with Crippen LogP contribution in [0, 0.1) is 11.8 Å². The minimum absolute atomic E-state index is 0.107. The Kier molecular flexibility index (Phi) is 15.7. The zero-order chi connectivity index (χ0) is 22.1. The van der Waals surface area contributed by atoms with E-state index in [0.717, 1.165) is 0 Å². The first-order valence-electron chi connectivity index (χ1n) is 9.06. The Morgan fingerprint density at radius 1 is 1.18 bits per heavy atom. The second kappa shape index (κ2) is 16.2. The summed E-state index contributed by atoms with van der Waals surface area (Å²) in [4.78, 5) is 47.3. The largest absolute Gasteiger partial charge is 0.466 e. The molecule has 28 heavy (non-hydrogen) atoms. The first-order chi connectivity index (χ1) is 13.4. The van der Waals surface area contributed by atoms with Gasteiger partial charge in [-0.3, -0.25) is 4.79 Å². The van der Waals surface area contributed by atoms with Crippen LogP contribution < -0.4 is 5.73 Å². The minimum atomic E-state index is -0.731. The van der Waals surface area contributed by atoms with Crippen LogP contribution in [0.15, 0.2) is 17.4 Å². The summed E-state index contributed by atoms with van der Waals surface area (Å²) in [7, 11) is 1.22. The van der Waals surface area contributed by atoms with Crippen LogP contribution in [0.5, 0.6) is 0 Å². The van der Waals surface area contributed by atoms with Crippen molar-refractivity contribution in [2.45, 2.75) is 54.4 Å². The first-order valence-corrected chi connectivity index (χ1v) is 9.06. The van der Waals surface area contributed by atoms with Gasteiger partial charge < -0.3 is 15.3 Å². The number of oxime groups is 1. The van der Waals surface area contributed by atoms with Gasteiger partial charge in [-0.05, 0) is 19.4 Å². The molecule has 0 aliphatic heterocycles. The van der Waals surface area contributed by atoms with Crippen LogP contribution >= 0.6 is 0 Å². The summed E-state index contributed by atoms with van der Waals surface area (Å²) in [6.07, 6.45) is 0.953. The number of carbonyl (C=O) groups is 2. The molecule has 10 nitrogen and oxygen atoms in total. The van der Waals surface area contributed by atoms with E-state index in [9.17, 15) is 14.5 Å². The van der Waals surface area contributed by atoms with Crippen LogP contribution in [0.3, 0.4) is 0 Å². The summed E-state index contributed by atoms with van der Waals surface area (Å²) in [6.45, 7) is 11.6. The van der Waals surface area contributed by atoms with E-state index in [1.807, 2.05) is 27.7 Å². The number of ether oxygens (including phenoxy) is 1. The zero-order valence-electron chi connectivity index (χ0n) is 17.6. The Balaban J connectivity index is 0. The topological polar surface area (TPSA) is 133 Å². The molecule has 0 radical (unpaired) electrons. The summed E-state index contributed by atoms with van der Waals surface area (Å²) in [5, 5.41) is 3.48. The van der Waals surface area contributed by atoms with Gasteiger partial charge in [0.25, 0.3) is 4.92 Å². The fourth-order valence-corrected chi connectivity index (χ4v) is 1.66. The Morgan fingerprint density at radius 2 is 1.75 bits per heavy atom. The van der Waals surface area contributed by atoms with E-state index < -0.39 is 11.9 Å². The molecule has 0 unspecified atom stereocenters. The fourth-order valence-electron chi connectivity index (χ4n) is 1.66. The van der Waals surface area contributed by atoms with Gasteiger partial charge in [0.1, 0.15) is 11.9 Å². The SMILES string of the molecule is CC.CC.CCOC(=O)CCC(=O)O/N=C(\N)c1ncc([N+](=O)OC)cc1C. The molecule has 0 bridgehead atoms. The number of pyridine rings is 1. The lowest BCUT2D eigenvalue weighted by molar-refractivity contribution is -0.736. The molecule has 1 heterocycles. The van der Waals surface area contributed by atoms with E-state index in [1.165, 1.54) is 19.4 Å². The smallest absolute Gasteiger partial charge is 0.335 e. The molecule has 10 heteroatoms. The van der Waals surface area contributed by atoms with E-state index in [1.54, 1.807) is 13.8 Å². The van der Waals surface area contributed by atoms with E-state index in [0.29, 0.717) is 5.56 Å². The van der Waals surface area contributed by atoms with Crippen LogP contribution in [0.25, 0.3) is 0 Å². The monoisotopic (exact) mass is 399 g/mol.